The lowest BCUT2D eigenvalue weighted by molar-refractivity contribution is -0.384. The Labute approximate surface area is 168 Å². The van der Waals surface area contributed by atoms with Gasteiger partial charge >= 0.3 is 0 Å². The van der Waals surface area contributed by atoms with Gasteiger partial charge in [-0.15, -0.1) is 11.3 Å². The Morgan fingerprint density at radius 3 is 2.71 bits per heavy atom. The van der Waals surface area contributed by atoms with E-state index in [-0.39, 0.29) is 10.7 Å². The second kappa shape index (κ2) is 7.41. The number of nitrogens with zero attached hydrogens (tertiary/aromatic N) is 3. The van der Waals surface area contributed by atoms with E-state index in [0.29, 0.717) is 27.9 Å². The summed E-state index contributed by atoms with van der Waals surface area (Å²) in [6.07, 6.45) is 0. The second-order valence-corrected chi connectivity index (χ2v) is 7.18. The lowest BCUT2D eigenvalue weighted by Gasteiger charge is -2.02. The molecule has 0 amide bonds. The van der Waals surface area contributed by atoms with Crippen LogP contribution in [0.15, 0.2) is 58.3 Å². The summed E-state index contributed by atoms with van der Waals surface area (Å²) < 4.78 is 5.87. The third-order valence-electron chi connectivity index (χ3n) is 3.91. The van der Waals surface area contributed by atoms with E-state index in [1.165, 1.54) is 23.5 Å². The molecule has 140 valence electrons. The van der Waals surface area contributed by atoms with Crippen LogP contribution < -0.4 is 5.32 Å². The highest BCUT2D eigenvalue weighted by atomic mass is 35.5. The summed E-state index contributed by atoms with van der Waals surface area (Å²) in [7, 11) is 0. The highest BCUT2D eigenvalue weighted by Crippen LogP contribution is 2.35. The van der Waals surface area contributed by atoms with Crippen molar-refractivity contribution in [3.63, 3.8) is 0 Å². The lowest BCUT2D eigenvalue weighted by Crippen LogP contribution is -1.93. The van der Waals surface area contributed by atoms with Gasteiger partial charge in [0.2, 0.25) is 0 Å². The fraction of sp³-hybridized carbons (Fsp3) is 0.0526. The van der Waals surface area contributed by atoms with E-state index in [4.69, 9.17) is 16.0 Å². The van der Waals surface area contributed by atoms with Crippen LogP contribution in [0.25, 0.3) is 22.8 Å². The molecule has 3 heterocycles. The standard InChI is InChI=1S/C19H13ClN4O3S/c1-11-3-2-4-18(21-11)23-19-22-15(10-28-19)17-8-7-16(27-17)13-6-5-12(24(25)26)9-14(13)20/h2-10H,1H3,(H,21,22,23). The van der Waals surface area contributed by atoms with E-state index in [2.05, 4.69) is 15.3 Å². The number of benzene rings is 1. The molecular formula is C19H13ClN4O3S. The van der Waals surface area contributed by atoms with Crippen molar-refractivity contribution < 1.29 is 9.34 Å². The zero-order chi connectivity index (χ0) is 19.7. The number of anilines is 2. The molecule has 0 spiro atoms. The van der Waals surface area contributed by atoms with Gasteiger partial charge in [0.1, 0.15) is 17.3 Å². The van der Waals surface area contributed by atoms with Crippen LogP contribution in [-0.4, -0.2) is 14.9 Å². The second-order valence-electron chi connectivity index (χ2n) is 5.91. The highest BCUT2D eigenvalue weighted by Gasteiger charge is 2.15. The van der Waals surface area contributed by atoms with E-state index in [1.807, 2.05) is 30.5 Å². The van der Waals surface area contributed by atoms with Gasteiger partial charge in [-0.05, 0) is 37.3 Å². The van der Waals surface area contributed by atoms with Crippen molar-refractivity contribution in [2.75, 3.05) is 5.32 Å². The van der Waals surface area contributed by atoms with Crippen LogP contribution in [0, 0.1) is 17.0 Å². The molecule has 1 aromatic carbocycles. The summed E-state index contributed by atoms with van der Waals surface area (Å²) in [6, 6.07) is 13.5. The van der Waals surface area contributed by atoms with Gasteiger partial charge in [-0.2, -0.15) is 0 Å². The maximum atomic E-state index is 10.8. The minimum absolute atomic E-state index is 0.0690. The predicted octanol–water partition coefficient (Wildman–Crippen LogP) is 6.08. The molecule has 4 rings (SSSR count). The van der Waals surface area contributed by atoms with Gasteiger partial charge in [0.05, 0.1) is 9.95 Å². The van der Waals surface area contributed by atoms with Gasteiger partial charge in [-0.3, -0.25) is 10.1 Å². The smallest absolute Gasteiger partial charge is 0.270 e. The number of nitro groups is 1. The molecule has 0 aliphatic heterocycles. The first-order chi connectivity index (χ1) is 13.5. The Hall–Kier alpha value is -3.23. The molecule has 0 radical (unpaired) electrons. The molecular weight excluding hydrogens is 400 g/mol. The Morgan fingerprint density at radius 1 is 1.14 bits per heavy atom. The number of aryl methyl sites for hydroxylation is 1. The highest BCUT2D eigenvalue weighted by molar-refractivity contribution is 7.14. The van der Waals surface area contributed by atoms with Crippen LogP contribution in [0.5, 0.6) is 0 Å². The molecule has 0 saturated carbocycles. The van der Waals surface area contributed by atoms with Crippen molar-refractivity contribution >= 4 is 39.6 Å². The zero-order valence-electron chi connectivity index (χ0n) is 14.5. The first kappa shape index (κ1) is 18.1. The Balaban J connectivity index is 1.57. The number of aromatic nitrogens is 2. The van der Waals surface area contributed by atoms with Crippen LogP contribution in [0.1, 0.15) is 5.69 Å². The number of non-ortho nitro benzene ring substituents is 1. The third kappa shape index (κ3) is 3.73. The van der Waals surface area contributed by atoms with Gasteiger partial charge in [-0.1, -0.05) is 17.7 Å². The van der Waals surface area contributed by atoms with Crippen molar-refractivity contribution in [1.82, 2.24) is 9.97 Å². The number of halogens is 1. The van der Waals surface area contributed by atoms with Crippen molar-refractivity contribution in [2.45, 2.75) is 6.92 Å². The van der Waals surface area contributed by atoms with Crippen molar-refractivity contribution in [3.05, 3.63) is 74.7 Å². The average molecular weight is 413 g/mol. The fourth-order valence-corrected chi connectivity index (χ4v) is 3.58. The lowest BCUT2D eigenvalue weighted by atomic mass is 10.1. The van der Waals surface area contributed by atoms with Crippen molar-refractivity contribution in [2.24, 2.45) is 0 Å². The van der Waals surface area contributed by atoms with Crippen LogP contribution in [-0.2, 0) is 0 Å². The van der Waals surface area contributed by atoms with Crippen LogP contribution >= 0.6 is 22.9 Å². The van der Waals surface area contributed by atoms with Gasteiger partial charge in [0, 0.05) is 28.8 Å². The predicted molar refractivity (Wildman–Crippen MR) is 109 cm³/mol. The third-order valence-corrected chi connectivity index (χ3v) is 4.99. The maximum absolute atomic E-state index is 10.8. The first-order valence-electron chi connectivity index (χ1n) is 8.20. The molecule has 0 bridgehead atoms. The number of hydrogen-bond donors (Lipinski definition) is 1. The maximum Gasteiger partial charge on any atom is 0.270 e. The molecule has 1 N–H and O–H groups in total. The van der Waals surface area contributed by atoms with Crippen LogP contribution in [0.2, 0.25) is 5.02 Å². The molecule has 0 fully saturated rings. The van der Waals surface area contributed by atoms with E-state index in [0.717, 1.165) is 11.5 Å². The molecule has 3 aromatic heterocycles. The van der Waals surface area contributed by atoms with Crippen molar-refractivity contribution in [1.29, 1.82) is 0 Å². The number of pyridine rings is 1. The summed E-state index contributed by atoms with van der Waals surface area (Å²) in [5, 5.41) is 16.8. The summed E-state index contributed by atoms with van der Waals surface area (Å²) >= 11 is 7.61. The van der Waals surface area contributed by atoms with Gasteiger partial charge in [-0.25, -0.2) is 9.97 Å². The van der Waals surface area contributed by atoms with Crippen LogP contribution in [0.3, 0.4) is 0 Å². The number of nitro benzene ring substituents is 1. The number of thiazole rings is 1. The number of nitrogens with one attached hydrogen (secondary N) is 1. The molecule has 0 aliphatic rings. The van der Waals surface area contributed by atoms with Crippen molar-refractivity contribution in [3.8, 4) is 22.8 Å². The van der Waals surface area contributed by atoms with Gasteiger partial charge < -0.3 is 9.73 Å². The van der Waals surface area contributed by atoms with Gasteiger partial charge in [0.15, 0.2) is 10.9 Å². The van der Waals surface area contributed by atoms with E-state index >= 15 is 0 Å². The topological polar surface area (TPSA) is 94.1 Å². The monoisotopic (exact) mass is 412 g/mol. The summed E-state index contributed by atoms with van der Waals surface area (Å²) in [6.45, 7) is 1.92. The molecule has 0 aliphatic carbocycles. The Kier molecular flexibility index (Phi) is 4.81. The molecule has 7 nitrogen and oxygen atoms in total. The summed E-state index contributed by atoms with van der Waals surface area (Å²) in [4.78, 5) is 19.3. The number of hydrogen-bond acceptors (Lipinski definition) is 7. The Bertz CT molecular complexity index is 1170. The Morgan fingerprint density at radius 2 is 1.96 bits per heavy atom. The van der Waals surface area contributed by atoms with E-state index in [1.54, 1.807) is 18.2 Å². The first-order valence-corrected chi connectivity index (χ1v) is 9.46. The summed E-state index contributed by atoms with van der Waals surface area (Å²) in [5.74, 6) is 1.81. The molecule has 28 heavy (non-hydrogen) atoms. The van der Waals surface area contributed by atoms with E-state index in [9.17, 15) is 10.1 Å². The van der Waals surface area contributed by atoms with Crippen LogP contribution in [0.4, 0.5) is 16.6 Å². The normalized spacial score (nSPS) is 10.8. The minimum Gasteiger partial charge on any atom is -0.454 e. The fourth-order valence-electron chi connectivity index (χ4n) is 2.60. The average Bonchev–Trinajstić information content (AvgIpc) is 3.31. The largest absolute Gasteiger partial charge is 0.454 e. The molecule has 4 aromatic rings. The summed E-state index contributed by atoms with van der Waals surface area (Å²) in [5.41, 5.74) is 2.10. The molecule has 9 heteroatoms. The zero-order valence-corrected chi connectivity index (χ0v) is 16.1. The molecule has 0 unspecified atom stereocenters. The molecule has 0 saturated heterocycles. The number of furan rings is 1. The quantitative estimate of drug-likeness (QED) is 0.315. The SMILES string of the molecule is Cc1cccc(Nc2nc(-c3ccc(-c4ccc([N+](=O)[O-])cc4Cl)o3)cs2)n1. The van der Waals surface area contributed by atoms with E-state index < -0.39 is 4.92 Å². The number of rotatable bonds is 5. The minimum atomic E-state index is -0.490. The molecule has 0 atom stereocenters. The van der Waals surface area contributed by atoms with Gasteiger partial charge in [0.25, 0.3) is 5.69 Å².